The summed E-state index contributed by atoms with van der Waals surface area (Å²) in [6, 6.07) is 2.95. The minimum absolute atomic E-state index is 0.0327. The molecule has 0 spiro atoms. The molecular formula is C14H10F6N2O2S. The van der Waals surface area contributed by atoms with Gasteiger partial charge in [0.2, 0.25) is 0 Å². The van der Waals surface area contributed by atoms with Crippen LogP contribution in [0.15, 0.2) is 22.9 Å². The van der Waals surface area contributed by atoms with Gasteiger partial charge in [0, 0.05) is 18.0 Å². The van der Waals surface area contributed by atoms with E-state index in [2.05, 4.69) is 9.99 Å². The SMILES string of the molecule is O=C1ON=C(C(F)(F)F)C1=Cc1ccc(N2CCC(C(F)(F)F)C2)s1. The summed E-state index contributed by atoms with van der Waals surface area (Å²) in [5.74, 6) is -2.65. The minimum Gasteiger partial charge on any atom is -0.363 e. The van der Waals surface area contributed by atoms with Crippen LogP contribution in [0.25, 0.3) is 6.08 Å². The molecule has 1 aromatic heterocycles. The van der Waals surface area contributed by atoms with E-state index in [-0.39, 0.29) is 24.4 Å². The first-order chi connectivity index (χ1) is 11.6. The zero-order valence-electron chi connectivity index (χ0n) is 12.3. The molecule has 1 unspecified atom stereocenters. The van der Waals surface area contributed by atoms with Gasteiger partial charge in [0.1, 0.15) is 0 Å². The highest BCUT2D eigenvalue weighted by atomic mass is 32.1. The molecule has 1 fully saturated rings. The minimum atomic E-state index is -4.84. The van der Waals surface area contributed by atoms with Gasteiger partial charge in [-0.15, -0.1) is 11.3 Å². The Morgan fingerprint density at radius 2 is 1.96 bits per heavy atom. The first-order valence-electron chi connectivity index (χ1n) is 7.06. The molecule has 1 saturated heterocycles. The Hall–Kier alpha value is -2.04. The molecule has 0 aliphatic carbocycles. The quantitative estimate of drug-likeness (QED) is 0.440. The van der Waals surface area contributed by atoms with E-state index in [0.29, 0.717) is 5.00 Å². The number of carbonyl (C=O) groups excluding carboxylic acids is 1. The maximum absolute atomic E-state index is 12.8. The third kappa shape index (κ3) is 3.65. The monoisotopic (exact) mass is 384 g/mol. The number of rotatable bonds is 2. The summed E-state index contributed by atoms with van der Waals surface area (Å²) in [6.45, 7) is 0.00925. The van der Waals surface area contributed by atoms with E-state index in [1.165, 1.54) is 17.0 Å². The maximum atomic E-state index is 12.8. The Morgan fingerprint density at radius 3 is 2.56 bits per heavy atom. The van der Waals surface area contributed by atoms with Crippen LogP contribution in [-0.2, 0) is 9.63 Å². The van der Waals surface area contributed by atoms with E-state index in [1.54, 1.807) is 0 Å². The summed E-state index contributed by atoms with van der Waals surface area (Å²) in [5, 5.41) is 3.23. The van der Waals surface area contributed by atoms with Crippen LogP contribution < -0.4 is 4.90 Å². The Labute approximate surface area is 141 Å². The predicted molar refractivity (Wildman–Crippen MR) is 78.3 cm³/mol. The number of halogens is 6. The van der Waals surface area contributed by atoms with E-state index >= 15 is 0 Å². The molecule has 0 aromatic carbocycles. The maximum Gasteiger partial charge on any atom is 0.437 e. The van der Waals surface area contributed by atoms with Gasteiger partial charge in [-0.1, -0.05) is 5.16 Å². The Morgan fingerprint density at radius 1 is 1.24 bits per heavy atom. The van der Waals surface area contributed by atoms with Gasteiger partial charge in [0.25, 0.3) is 0 Å². The number of alkyl halides is 6. The van der Waals surface area contributed by atoms with E-state index in [1.807, 2.05) is 0 Å². The zero-order chi connectivity index (χ0) is 18.4. The second-order valence-electron chi connectivity index (χ2n) is 5.52. The number of nitrogens with zero attached hydrogens (tertiary/aromatic N) is 2. The molecule has 0 N–H and O–H groups in total. The fraction of sp³-hybridized carbons (Fsp3) is 0.429. The van der Waals surface area contributed by atoms with Crippen LogP contribution in [0.1, 0.15) is 11.3 Å². The summed E-state index contributed by atoms with van der Waals surface area (Å²) in [5.41, 5.74) is -2.15. The van der Waals surface area contributed by atoms with Crippen molar-refractivity contribution < 1.29 is 36.0 Å². The fourth-order valence-corrected chi connectivity index (χ4v) is 3.56. The molecule has 136 valence electrons. The highest BCUT2D eigenvalue weighted by Crippen LogP contribution is 2.38. The van der Waals surface area contributed by atoms with Crippen molar-refractivity contribution in [2.24, 2.45) is 11.1 Å². The van der Waals surface area contributed by atoms with Crippen LogP contribution in [0.4, 0.5) is 31.3 Å². The normalized spacial score (nSPS) is 23.4. The first-order valence-corrected chi connectivity index (χ1v) is 7.87. The number of hydrogen-bond donors (Lipinski definition) is 0. The van der Waals surface area contributed by atoms with Crippen LogP contribution in [0.5, 0.6) is 0 Å². The van der Waals surface area contributed by atoms with E-state index in [0.717, 1.165) is 17.4 Å². The molecule has 0 amide bonds. The van der Waals surface area contributed by atoms with Crippen molar-refractivity contribution in [3.63, 3.8) is 0 Å². The molecule has 1 aromatic rings. The van der Waals surface area contributed by atoms with Crippen LogP contribution in [-0.4, -0.2) is 37.1 Å². The smallest absolute Gasteiger partial charge is 0.363 e. The van der Waals surface area contributed by atoms with Gasteiger partial charge in [-0.3, -0.25) is 0 Å². The Balaban J connectivity index is 1.79. The summed E-state index contributed by atoms with van der Waals surface area (Å²) in [4.78, 5) is 17.3. The summed E-state index contributed by atoms with van der Waals surface area (Å²) < 4.78 is 76.5. The summed E-state index contributed by atoms with van der Waals surface area (Å²) in [6.07, 6.45) is -8.17. The van der Waals surface area contributed by atoms with E-state index in [9.17, 15) is 31.1 Å². The van der Waals surface area contributed by atoms with Crippen molar-refractivity contribution in [1.29, 1.82) is 0 Å². The molecule has 2 aliphatic heterocycles. The Bertz CT molecular complexity index is 749. The average molecular weight is 384 g/mol. The van der Waals surface area contributed by atoms with Gasteiger partial charge in [-0.2, -0.15) is 26.3 Å². The highest BCUT2D eigenvalue weighted by Gasteiger charge is 2.46. The number of oxime groups is 1. The van der Waals surface area contributed by atoms with Gasteiger partial charge in [0.05, 0.1) is 16.5 Å². The largest absolute Gasteiger partial charge is 0.437 e. The lowest BCUT2D eigenvalue weighted by atomic mass is 10.1. The molecule has 4 nitrogen and oxygen atoms in total. The second kappa shape index (κ2) is 6.04. The lowest BCUT2D eigenvalue weighted by molar-refractivity contribution is -0.168. The van der Waals surface area contributed by atoms with E-state index in [4.69, 9.17) is 0 Å². The molecular weight excluding hydrogens is 374 g/mol. The van der Waals surface area contributed by atoms with E-state index < -0.39 is 35.5 Å². The summed E-state index contributed by atoms with van der Waals surface area (Å²) in [7, 11) is 0. The molecule has 2 aliphatic rings. The third-order valence-electron chi connectivity index (χ3n) is 3.83. The fourth-order valence-electron chi connectivity index (χ4n) is 2.57. The number of anilines is 1. The van der Waals surface area contributed by atoms with Crippen molar-refractivity contribution in [2.45, 2.75) is 18.8 Å². The molecule has 1 atom stereocenters. The number of carbonyl (C=O) groups is 1. The van der Waals surface area contributed by atoms with Gasteiger partial charge in [0.15, 0.2) is 5.71 Å². The van der Waals surface area contributed by atoms with Gasteiger partial charge >= 0.3 is 18.3 Å². The van der Waals surface area contributed by atoms with Crippen LogP contribution in [0.2, 0.25) is 0 Å². The van der Waals surface area contributed by atoms with Gasteiger partial charge in [-0.25, -0.2) is 4.79 Å². The lowest BCUT2D eigenvalue weighted by Gasteiger charge is -2.17. The molecule has 0 bridgehead atoms. The molecule has 3 rings (SSSR count). The molecule has 25 heavy (non-hydrogen) atoms. The number of thiophene rings is 1. The average Bonchev–Trinajstić information content (AvgIpc) is 3.18. The Kier molecular flexibility index (Phi) is 4.30. The van der Waals surface area contributed by atoms with Crippen molar-refractivity contribution in [3.8, 4) is 0 Å². The predicted octanol–water partition coefficient (Wildman–Crippen LogP) is 4.00. The molecule has 11 heteroatoms. The van der Waals surface area contributed by atoms with Crippen LogP contribution in [0.3, 0.4) is 0 Å². The van der Waals surface area contributed by atoms with Crippen molar-refractivity contribution in [2.75, 3.05) is 18.0 Å². The topological polar surface area (TPSA) is 41.9 Å². The van der Waals surface area contributed by atoms with Crippen LogP contribution in [0, 0.1) is 5.92 Å². The van der Waals surface area contributed by atoms with Gasteiger partial charge in [-0.05, 0) is 24.6 Å². The standard InChI is InChI=1S/C14H10F6N2O2S/c15-13(16,17)7-3-4-22(6-7)10-2-1-8(25-10)5-9-11(14(18,19)20)21-24-12(9)23/h1-2,5,7H,3-4,6H2. The molecule has 0 radical (unpaired) electrons. The van der Waals surface area contributed by atoms with Gasteiger partial charge < -0.3 is 9.74 Å². The second-order valence-corrected chi connectivity index (χ2v) is 6.62. The zero-order valence-corrected chi connectivity index (χ0v) is 13.1. The van der Waals surface area contributed by atoms with Crippen LogP contribution >= 0.6 is 11.3 Å². The van der Waals surface area contributed by atoms with Crippen molar-refractivity contribution >= 4 is 34.1 Å². The number of hydrogen-bond acceptors (Lipinski definition) is 5. The van der Waals surface area contributed by atoms with Crippen molar-refractivity contribution in [1.82, 2.24) is 0 Å². The molecule has 3 heterocycles. The lowest BCUT2D eigenvalue weighted by Crippen LogP contribution is -2.26. The highest BCUT2D eigenvalue weighted by molar-refractivity contribution is 7.17. The summed E-state index contributed by atoms with van der Waals surface area (Å²) >= 11 is 0.996. The first kappa shape index (κ1) is 17.8. The van der Waals surface area contributed by atoms with Crippen molar-refractivity contribution in [3.05, 3.63) is 22.6 Å². The third-order valence-corrected chi connectivity index (χ3v) is 4.92. The molecule has 0 saturated carbocycles.